The molecular weight excluding hydrogens is 175 g/mol. The summed E-state index contributed by atoms with van der Waals surface area (Å²) >= 11 is 1.37. The van der Waals surface area contributed by atoms with Crippen molar-refractivity contribution < 1.29 is 10.0 Å². The van der Waals surface area contributed by atoms with E-state index in [1.807, 2.05) is 0 Å². The third-order valence-corrected chi connectivity index (χ3v) is 2.44. The molecule has 0 saturated heterocycles. The van der Waals surface area contributed by atoms with E-state index >= 15 is 0 Å². The predicted octanol–water partition coefficient (Wildman–Crippen LogP) is -0.629. The second kappa shape index (κ2) is 2.82. The van der Waals surface area contributed by atoms with E-state index in [2.05, 4.69) is 9.97 Å². The van der Waals surface area contributed by atoms with E-state index in [4.69, 9.17) is 10.0 Å². The van der Waals surface area contributed by atoms with Gasteiger partial charge in [0, 0.05) is 11.7 Å². The summed E-state index contributed by atoms with van der Waals surface area (Å²) in [7, 11) is -1.47. The Kier molecular flexibility index (Phi) is 1.80. The third-order valence-electron chi connectivity index (χ3n) is 1.55. The van der Waals surface area contributed by atoms with Crippen LogP contribution in [-0.2, 0) is 0 Å². The lowest BCUT2D eigenvalue weighted by Gasteiger charge is -1.97. The Hall–Kier alpha value is -0.975. The van der Waals surface area contributed by atoms with Crippen molar-refractivity contribution in [1.29, 1.82) is 0 Å². The molecule has 0 aliphatic carbocycles. The maximum Gasteiger partial charge on any atom is 0.491 e. The van der Waals surface area contributed by atoms with E-state index in [1.54, 1.807) is 11.7 Å². The van der Waals surface area contributed by atoms with Gasteiger partial charge in [0.05, 0.1) is 21.9 Å². The predicted molar refractivity (Wildman–Crippen MR) is 47.2 cm³/mol. The van der Waals surface area contributed by atoms with E-state index in [0.717, 1.165) is 4.70 Å². The highest BCUT2D eigenvalue weighted by Crippen LogP contribution is 2.13. The van der Waals surface area contributed by atoms with Crippen LogP contribution in [0.3, 0.4) is 0 Å². The lowest BCUT2D eigenvalue weighted by molar-refractivity contribution is 0.426. The molecule has 0 aromatic carbocycles. The van der Waals surface area contributed by atoms with E-state index in [9.17, 15) is 0 Å². The Morgan fingerprint density at radius 2 is 2.17 bits per heavy atom. The van der Waals surface area contributed by atoms with Crippen molar-refractivity contribution >= 4 is 34.1 Å². The minimum Gasteiger partial charge on any atom is -0.423 e. The number of hydrogen-bond acceptors (Lipinski definition) is 5. The third kappa shape index (κ3) is 1.10. The molecule has 2 heterocycles. The summed E-state index contributed by atoms with van der Waals surface area (Å²) < 4.78 is 0.778. The van der Waals surface area contributed by atoms with Crippen LogP contribution in [0, 0.1) is 0 Å². The van der Waals surface area contributed by atoms with Gasteiger partial charge in [0.1, 0.15) is 0 Å². The Balaban J connectivity index is 2.73. The van der Waals surface area contributed by atoms with Crippen LogP contribution < -0.4 is 5.46 Å². The Morgan fingerprint density at radius 3 is 2.92 bits per heavy atom. The molecule has 12 heavy (non-hydrogen) atoms. The maximum atomic E-state index is 8.93. The number of fused-ring (bicyclic) bond motifs is 1. The van der Waals surface area contributed by atoms with Crippen LogP contribution in [0.15, 0.2) is 17.9 Å². The zero-order chi connectivity index (χ0) is 8.55. The summed E-state index contributed by atoms with van der Waals surface area (Å²) in [5.74, 6) is 0. The molecule has 0 spiro atoms. The molecule has 6 heteroatoms. The van der Waals surface area contributed by atoms with Gasteiger partial charge in [-0.25, -0.2) is 4.98 Å². The first-order valence-corrected chi connectivity index (χ1v) is 4.20. The van der Waals surface area contributed by atoms with Crippen molar-refractivity contribution in [3.05, 3.63) is 17.9 Å². The summed E-state index contributed by atoms with van der Waals surface area (Å²) in [5, 5.41) is 17.9. The molecule has 2 aromatic heterocycles. The zero-order valence-electron chi connectivity index (χ0n) is 6.01. The van der Waals surface area contributed by atoms with Crippen molar-refractivity contribution in [3.8, 4) is 0 Å². The fraction of sp³-hybridized carbons (Fsp3) is 0. The van der Waals surface area contributed by atoms with Gasteiger partial charge in [-0.15, -0.1) is 11.3 Å². The topological polar surface area (TPSA) is 66.2 Å². The molecule has 0 atom stereocenters. The number of pyridine rings is 1. The van der Waals surface area contributed by atoms with Gasteiger partial charge in [-0.3, -0.25) is 4.98 Å². The van der Waals surface area contributed by atoms with Crippen molar-refractivity contribution in [2.24, 2.45) is 0 Å². The van der Waals surface area contributed by atoms with Crippen molar-refractivity contribution in [2.45, 2.75) is 0 Å². The minimum absolute atomic E-state index is 0.412. The van der Waals surface area contributed by atoms with E-state index in [1.165, 1.54) is 17.5 Å². The number of nitrogens with zero attached hydrogens (tertiary/aromatic N) is 2. The van der Waals surface area contributed by atoms with Gasteiger partial charge in [0.25, 0.3) is 0 Å². The van der Waals surface area contributed by atoms with Gasteiger partial charge < -0.3 is 10.0 Å². The molecule has 0 aliphatic heterocycles. The zero-order valence-corrected chi connectivity index (χ0v) is 6.82. The van der Waals surface area contributed by atoms with Crippen LogP contribution in [0.1, 0.15) is 0 Å². The van der Waals surface area contributed by atoms with Gasteiger partial charge in [-0.05, 0) is 0 Å². The fourth-order valence-corrected chi connectivity index (χ4v) is 1.79. The molecule has 0 saturated carbocycles. The fourth-order valence-electron chi connectivity index (χ4n) is 0.993. The van der Waals surface area contributed by atoms with E-state index in [0.29, 0.717) is 11.0 Å². The summed E-state index contributed by atoms with van der Waals surface area (Å²) in [6.45, 7) is 0. The maximum absolute atomic E-state index is 8.93. The van der Waals surface area contributed by atoms with Crippen LogP contribution in [-0.4, -0.2) is 27.1 Å². The van der Waals surface area contributed by atoms with Crippen molar-refractivity contribution in [3.63, 3.8) is 0 Å². The normalized spacial score (nSPS) is 10.5. The second-order valence-electron chi connectivity index (χ2n) is 2.30. The quantitative estimate of drug-likeness (QED) is 0.573. The molecule has 2 aromatic rings. The second-order valence-corrected chi connectivity index (χ2v) is 3.16. The largest absolute Gasteiger partial charge is 0.491 e. The summed E-state index contributed by atoms with van der Waals surface area (Å²) in [5.41, 5.74) is 2.76. The first-order chi connectivity index (χ1) is 5.79. The average molecular weight is 180 g/mol. The molecule has 0 bridgehead atoms. The molecule has 0 unspecified atom stereocenters. The molecule has 0 amide bonds. The SMILES string of the molecule is OB(O)c1cncc2ncsc12. The van der Waals surface area contributed by atoms with Crippen LogP contribution in [0.25, 0.3) is 10.2 Å². The van der Waals surface area contributed by atoms with Gasteiger partial charge in [-0.1, -0.05) is 0 Å². The van der Waals surface area contributed by atoms with E-state index in [-0.39, 0.29) is 0 Å². The monoisotopic (exact) mass is 180 g/mol. The van der Waals surface area contributed by atoms with Crippen LogP contribution in [0.5, 0.6) is 0 Å². The highest BCUT2D eigenvalue weighted by Gasteiger charge is 2.15. The number of rotatable bonds is 1. The van der Waals surface area contributed by atoms with Gasteiger partial charge in [0.2, 0.25) is 0 Å². The molecule has 0 fully saturated rings. The van der Waals surface area contributed by atoms with Gasteiger partial charge in [-0.2, -0.15) is 0 Å². The van der Waals surface area contributed by atoms with Crippen LogP contribution >= 0.6 is 11.3 Å². The Bertz CT molecular complexity index is 403. The smallest absolute Gasteiger partial charge is 0.423 e. The number of hydrogen-bond donors (Lipinski definition) is 2. The lowest BCUT2D eigenvalue weighted by atomic mass is 9.81. The molecule has 60 valence electrons. The van der Waals surface area contributed by atoms with Gasteiger partial charge >= 0.3 is 7.12 Å². The standard InChI is InChI=1S/C6H5BN2O2S/c10-7(11)4-1-8-2-5-6(4)12-3-9-5/h1-3,10-11H. The Labute approximate surface area is 72.7 Å². The van der Waals surface area contributed by atoms with Crippen LogP contribution in [0.2, 0.25) is 0 Å². The first kappa shape index (κ1) is 7.66. The van der Waals surface area contributed by atoms with E-state index < -0.39 is 7.12 Å². The number of thiazole rings is 1. The Morgan fingerprint density at radius 1 is 1.33 bits per heavy atom. The highest BCUT2D eigenvalue weighted by atomic mass is 32.1. The molecule has 0 aliphatic rings. The summed E-state index contributed by atoms with van der Waals surface area (Å²) in [4.78, 5) is 7.83. The molecule has 2 rings (SSSR count). The molecular formula is C6H5BN2O2S. The summed E-state index contributed by atoms with van der Waals surface area (Å²) in [6.07, 6.45) is 3.03. The van der Waals surface area contributed by atoms with Crippen LogP contribution in [0.4, 0.5) is 0 Å². The molecule has 2 N–H and O–H groups in total. The molecule has 0 radical (unpaired) electrons. The first-order valence-electron chi connectivity index (χ1n) is 3.32. The minimum atomic E-state index is -1.47. The molecule has 4 nitrogen and oxygen atoms in total. The van der Waals surface area contributed by atoms with Crippen molar-refractivity contribution in [2.75, 3.05) is 0 Å². The number of aromatic nitrogens is 2. The van der Waals surface area contributed by atoms with Crippen molar-refractivity contribution in [1.82, 2.24) is 9.97 Å². The summed E-state index contributed by atoms with van der Waals surface area (Å²) in [6, 6.07) is 0. The average Bonchev–Trinajstić information content (AvgIpc) is 2.49. The lowest BCUT2D eigenvalue weighted by Crippen LogP contribution is -2.30. The highest BCUT2D eigenvalue weighted by molar-refractivity contribution is 7.18. The van der Waals surface area contributed by atoms with Gasteiger partial charge in [0.15, 0.2) is 0 Å².